The van der Waals surface area contributed by atoms with Gasteiger partial charge < -0.3 is 80.4 Å². The maximum absolute atomic E-state index is 14.6. The molecule has 0 unspecified atom stereocenters. The highest BCUT2D eigenvalue weighted by molar-refractivity contribution is 7.98. The first-order valence-electron chi connectivity index (χ1n) is 30.2. The number of carboxylic acid groups (broad SMARTS) is 1. The number of phenolic OH excluding ortho intramolecular Hbond substituents is 2. The highest BCUT2D eigenvalue weighted by Gasteiger charge is 2.38. The summed E-state index contributed by atoms with van der Waals surface area (Å²) in [7, 11) is 0. The molecule has 0 spiro atoms. The van der Waals surface area contributed by atoms with Gasteiger partial charge in [-0.05, 0) is 102 Å². The maximum atomic E-state index is 14.6. The predicted molar refractivity (Wildman–Crippen MR) is 341 cm³/mol. The molecule has 3 aromatic carbocycles. The number of phenols is 2. The molecule has 27 nitrogen and oxygen atoms in total. The smallest absolute Gasteiger partial charge is 0.305 e. The van der Waals surface area contributed by atoms with Crippen molar-refractivity contribution in [2.24, 2.45) is 40.9 Å². The van der Waals surface area contributed by atoms with Gasteiger partial charge in [-0.3, -0.25) is 57.5 Å². The number of nitrogens with two attached hydrogens (primary N) is 3. The molecule has 0 aromatic heterocycles. The van der Waals surface area contributed by atoms with Gasteiger partial charge in [0, 0.05) is 12.8 Å². The van der Waals surface area contributed by atoms with Crippen molar-refractivity contribution >= 4 is 82.7 Å². The Morgan fingerprint density at radius 3 is 1.30 bits per heavy atom. The quantitative estimate of drug-likeness (QED) is 0.0363. The van der Waals surface area contributed by atoms with Crippen LogP contribution in [0.1, 0.15) is 111 Å². The van der Waals surface area contributed by atoms with Crippen molar-refractivity contribution in [3.63, 3.8) is 0 Å². The number of benzene rings is 3. The topological polar surface area (TPSA) is 452 Å². The second kappa shape index (κ2) is 38.0. The summed E-state index contributed by atoms with van der Waals surface area (Å²) in [6.45, 7) is 13.7. The lowest BCUT2D eigenvalue weighted by Crippen LogP contribution is -2.62. The largest absolute Gasteiger partial charge is 0.508 e. The second-order valence-electron chi connectivity index (χ2n) is 23.8. The molecule has 91 heavy (non-hydrogen) atoms. The standard InChI is InChI=1S/C63H92N12O15S/c1-10-36(8)53(75-55(82)42(64)28-37-14-12-11-13-15-37)63(90)73-49(32-51(79)80)61(88)69-45(27-34(4)5)57(84)71-48(31-50(65)78)60(87)70-46(29-38-16-20-40(76)21-17-38)58(85)67-43(24-25-91-9)56(83)74-52(35(6)7)62(89)72-47(30-39-18-22-41(77)23-19-39)59(86)68-44(54(66)81)26-33(2)3/h11-23,33-36,42-49,52-53,76-77H,10,24-32,64H2,1-9H3,(H2,65,78)(H2,66,81)(H,67,85)(H,68,86)(H,69,88)(H,70,87)(H,71,84)(H,72,89)(H,73,90)(H,74,83)(H,75,82)(H,79,80)/t36-,42-,43-,44-,45-,46-,47-,48-,49-,52-,53-/m0/s1. The van der Waals surface area contributed by atoms with Crippen molar-refractivity contribution in [3.8, 4) is 11.5 Å². The summed E-state index contributed by atoms with van der Waals surface area (Å²) in [6, 6.07) is 5.93. The number of carbonyl (C=O) groups excluding carboxylic acids is 11. The SMILES string of the molecule is CC[C@H](C)[C@H](NC(=O)[C@@H](N)Cc1ccccc1)C(=O)N[C@@H](CC(=O)O)C(=O)N[C@@H](CC(C)C)C(=O)N[C@@H](CC(N)=O)C(=O)N[C@@H](Cc1ccc(O)cc1)C(=O)N[C@@H](CCSC)C(=O)N[C@H](C(=O)N[C@@H](Cc1ccc(O)cc1)C(=O)N[C@@H](CC(C)C)C(N)=O)C(C)C. The van der Waals surface area contributed by atoms with Crippen LogP contribution >= 0.6 is 11.8 Å². The zero-order valence-corrected chi connectivity index (χ0v) is 53.9. The van der Waals surface area contributed by atoms with Crippen molar-refractivity contribution in [1.29, 1.82) is 0 Å². The zero-order chi connectivity index (χ0) is 68.2. The number of carbonyl (C=O) groups is 12. The van der Waals surface area contributed by atoms with E-state index >= 15 is 0 Å². The summed E-state index contributed by atoms with van der Waals surface area (Å²) in [5.74, 6) is -13.2. The number of hydrogen-bond acceptors (Lipinski definition) is 16. The monoisotopic (exact) mass is 1290 g/mol. The molecular formula is C63H92N12O15S. The third-order valence-electron chi connectivity index (χ3n) is 14.7. The molecule has 3 aromatic rings. The Morgan fingerprint density at radius 1 is 0.451 bits per heavy atom. The molecule has 28 heteroatoms. The van der Waals surface area contributed by atoms with Crippen LogP contribution in [0.3, 0.4) is 0 Å². The van der Waals surface area contributed by atoms with Crippen molar-refractivity contribution in [2.75, 3.05) is 12.0 Å². The van der Waals surface area contributed by atoms with E-state index in [4.69, 9.17) is 17.2 Å². The Kier molecular flexibility index (Phi) is 32.0. The van der Waals surface area contributed by atoms with Gasteiger partial charge in [-0.2, -0.15) is 11.8 Å². The van der Waals surface area contributed by atoms with Crippen molar-refractivity contribution in [1.82, 2.24) is 47.9 Å². The molecule has 11 amide bonds. The van der Waals surface area contributed by atoms with E-state index in [2.05, 4.69) is 47.9 Å². The lowest BCUT2D eigenvalue weighted by atomic mass is 9.96. The van der Waals surface area contributed by atoms with Crippen LogP contribution in [0, 0.1) is 23.7 Å². The van der Waals surface area contributed by atoms with Crippen LogP contribution in [0.25, 0.3) is 0 Å². The Bertz CT molecular complexity index is 2950. The Labute approximate surface area is 534 Å². The first-order chi connectivity index (χ1) is 42.8. The molecule has 0 heterocycles. The fraction of sp³-hybridized carbons (Fsp3) is 0.524. The van der Waals surface area contributed by atoms with Crippen LogP contribution in [0.15, 0.2) is 78.9 Å². The summed E-state index contributed by atoms with van der Waals surface area (Å²) >= 11 is 1.32. The molecule has 0 saturated carbocycles. The summed E-state index contributed by atoms with van der Waals surface area (Å²) in [6.07, 6.45) is -0.00396. The van der Waals surface area contributed by atoms with E-state index in [-0.39, 0.29) is 67.6 Å². The van der Waals surface area contributed by atoms with E-state index in [1.807, 2.05) is 13.8 Å². The molecule has 11 atom stereocenters. The number of carboxylic acids is 1. The van der Waals surface area contributed by atoms with Crippen LogP contribution < -0.4 is 65.1 Å². The van der Waals surface area contributed by atoms with Gasteiger partial charge in [-0.1, -0.05) is 116 Å². The van der Waals surface area contributed by atoms with Gasteiger partial charge in [-0.25, -0.2) is 0 Å². The molecule has 0 bridgehead atoms. The summed E-state index contributed by atoms with van der Waals surface area (Å²) in [4.78, 5) is 165. The van der Waals surface area contributed by atoms with Crippen molar-refractivity contribution in [3.05, 3.63) is 95.6 Å². The number of nitrogens with one attached hydrogen (secondary N) is 9. The number of thioether (sulfide) groups is 1. The molecule has 0 fully saturated rings. The molecule has 500 valence electrons. The minimum Gasteiger partial charge on any atom is -0.508 e. The fourth-order valence-corrected chi connectivity index (χ4v) is 9.94. The van der Waals surface area contributed by atoms with Crippen molar-refractivity contribution < 1.29 is 72.9 Å². The molecular weight excluding hydrogens is 1200 g/mol. The van der Waals surface area contributed by atoms with E-state index in [1.54, 1.807) is 78.1 Å². The first kappa shape index (κ1) is 76.5. The van der Waals surface area contributed by atoms with Crippen LogP contribution in [0.2, 0.25) is 0 Å². The third kappa shape index (κ3) is 27.1. The number of aliphatic carboxylic acids is 1. The minimum atomic E-state index is -1.84. The number of rotatable bonds is 39. The van der Waals surface area contributed by atoms with Gasteiger partial charge in [0.2, 0.25) is 65.0 Å². The second-order valence-corrected chi connectivity index (χ2v) is 24.8. The van der Waals surface area contributed by atoms with Gasteiger partial charge in [0.05, 0.1) is 18.9 Å². The lowest BCUT2D eigenvalue weighted by molar-refractivity contribution is -0.142. The highest BCUT2D eigenvalue weighted by Crippen LogP contribution is 2.17. The number of primary amides is 2. The molecule has 0 aliphatic carbocycles. The van der Waals surface area contributed by atoms with E-state index in [1.165, 1.54) is 60.3 Å². The highest BCUT2D eigenvalue weighted by atomic mass is 32.2. The fourth-order valence-electron chi connectivity index (χ4n) is 9.47. The number of aromatic hydroxyl groups is 2. The normalized spacial score (nSPS) is 14.9. The number of hydrogen-bond donors (Lipinski definition) is 15. The van der Waals surface area contributed by atoms with Crippen LogP contribution in [-0.4, -0.2) is 159 Å². The summed E-state index contributed by atoms with van der Waals surface area (Å²) in [5.41, 5.74) is 19.1. The molecule has 3 rings (SSSR count). The Hall–Kier alpha value is -8.79. The molecule has 0 radical (unpaired) electrons. The van der Waals surface area contributed by atoms with E-state index in [0.29, 0.717) is 17.5 Å². The average molecular weight is 1290 g/mol. The van der Waals surface area contributed by atoms with Crippen LogP contribution in [0.4, 0.5) is 0 Å². The van der Waals surface area contributed by atoms with E-state index < -0.39 is 156 Å². The van der Waals surface area contributed by atoms with Crippen molar-refractivity contribution in [2.45, 2.75) is 174 Å². The molecule has 0 saturated heterocycles. The van der Waals surface area contributed by atoms with Gasteiger partial charge >= 0.3 is 5.97 Å². The third-order valence-corrected chi connectivity index (χ3v) is 15.3. The number of amides is 11. The molecule has 0 aliphatic rings. The van der Waals surface area contributed by atoms with Gasteiger partial charge in [0.25, 0.3) is 0 Å². The van der Waals surface area contributed by atoms with Gasteiger partial charge in [-0.15, -0.1) is 0 Å². The summed E-state index contributed by atoms with van der Waals surface area (Å²) < 4.78 is 0. The lowest BCUT2D eigenvalue weighted by Gasteiger charge is -2.29. The Balaban J connectivity index is 1.94. The molecule has 18 N–H and O–H groups in total. The Morgan fingerprint density at radius 2 is 0.835 bits per heavy atom. The zero-order valence-electron chi connectivity index (χ0n) is 53.0. The predicted octanol–water partition coefficient (Wildman–Crippen LogP) is 0.199. The average Bonchev–Trinajstić information content (AvgIpc) is 1.19. The van der Waals surface area contributed by atoms with Crippen LogP contribution in [0.5, 0.6) is 11.5 Å². The summed E-state index contributed by atoms with van der Waals surface area (Å²) in [5, 5.41) is 53.0. The molecule has 0 aliphatic heterocycles. The van der Waals surface area contributed by atoms with E-state index in [9.17, 15) is 72.9 Å². The van der Waals surface area contributed by atoms with E-state index in [0.717, 1.165) is 5.56 Å². The minimum absolute atomic E-state index is 0.0273. The van der Waals surface area contributed by atoms with Gasteiger partial charge in [0.1, 0.15) is 65.9 Å². The van der Waals surface area contributed by atoms with Gasteiger partial charge in [0.15, 0.2) is 0 Å². The first-order valence-corrected chi connectivity index (χ1v) is 31.6. The van der Waals surface area contributed by atoms with Crippen LogP contribution in [-0.2, 0) is 76.8 Å². The maximum Gasteiger partial charge on any atom is 0.305 e.